The number of nitro groups is 1. The quantitative estimate of drug-likeness (QED) is 0.573. The van der Waals surface area contributed by atoms with Gasteiger partial charge in [-0.15, -0.1) is 0 Å². The first kappa shape index (κ1) is 16.3. The molecule has 0 radical (unpaired) electrons. The van der Waals surface area contributed by atoms with Gasteiger partial charge < -0.3 is 10.1 Å². The molecule has 0 aliphatic carbocycles. The first-order valence-corrected chi connectivity index (χ1v) is 7.27. The maximum Gasteiger partial charge on any atom is 0.293 e. The van der Waals surface area contributed by atoms with E-state index in [-0.39, 0.29) is 22.3 Å². The maximum atomic E-state index is 11.6. The van der Waals surface area contributed by atoms with Crippen LogP contribution in [0.5, 0.6) is 0 Å². The van der Waals surface area contributed by atoms with Crippen molar-refractivity contribution >= 4 is 21.4 Å². The standard InChI is InChI=1S/C11H17N3O5S/c1-8(7-19-3)13-10-5-4-9(20(17,18)12-2)6-11(10)14(15)16/h4-6,8,12-13H,7H2,1-3H3. The third kappa shape index (κ3) is 3.89. The highest BCUT2D eigenvalue weighted by atomic mass is 32.2. The number of anilines is 1. The van der Waals surface area contributed by atoms with E-state index >= 15 is 0 Å². The zero-order chi connectivity index (χ0) is 15.3. The van der Waals surface area contributed by atoms with Gasteiger partial charge >= 0.3 is 0 Å². The zero-order valence-electron chi connectivity index (χ0n) is 11.4. The summed E-state index contributed by atoms with van der Waals surface area (Å²) >= 11 is 0. The van der Waals surface area contributed by atoms with E-state index in [2.05, 4.69) is 10.0 Å². The molecule has 8 nitrogen and oxygen atoms in total. The van der Waals surface area contributed by atoms with Crippen molar-refractivity contribution in [1.29, 1.82) is 0 Å². The number of hydrogen-bond donors (Lipinski definition) is 2. The molecule has 20 heavy (non-hydrogen) atoms. The van der Waals surface area contributed by atoms with E-state index in [1.165, 1.54) is 26.3 Å². The van der Waals surface area contributed by atoms with Gasteiger partial charge in [-0.2, -0.15) is 0 Å². The van der Waals surface area contributed by atoms with Crippen LogP contribution in [0.2, 0.25) is 0 Å². The number of nitrogens with one attached hydrogen (secondary N) is 2. The summed E-state index contributed by atoms with van der Waals surface area (Å²) in [6.07, 6.45) is 0. The van der Waals surface area contributed by atoms with Crippen molar-refractivity contribution in [3.05, 3.63) is 28.3 Å². The summed E-state index contributed by atoms with van der Waals surface area (Å²) in [6.45, 7) is 2.17. The molecular formula is C11H17N3O5S. The summed E-state index contributed by atoms with van der Waals surface area (Å²) in [5.74, 6) is 0. The van der Waals surface area contributed by atoms with Gasteiger partial charge in [-0.1, -0.05) is 0 Å². The number of nitrogens with zero attached hydrogens (tertiary/aromatic N) is 1. The zero-order valence-corrected chi connectivity index (χ0v) is 12.2. The molecule has 0 aromatic heterocycles. The Kier molecular flexibility index (Phi) is 5.43. The van der Waals surface area contributed by atoms with Crippen LogP contribution in [-0.4, -0.2) is 40.1 Å². The molecule has 1 aromatic carbocycles. The number of hydrogen-bond acceptors (Lipinski definition) is 6. The Bertz CT molecular complexity index is 588. The average Bonchev–Trinajstić information content (AvgIpc) is 2.38. The molecule has 1 aromatic rings. The average molecular weight is 303 g/mol. The van der Waals surface area contributed by atoms with E-state index in [1.807, 2.05) is 0 Å². The number of nitro benzene ring substituents is 1. The Morgan fingerprint density at radius 2 is 2.10 bits per heavy atom. The van der Waals surface area contributed by atoms with Crippen LogP contribution in [-0.2, 0) is 14.8 Å². The van der Waals surface area contributed by atoms with Crippen LogP contribution >= 0.6 is 0 Å². The summed E-state index contributed by atoms with van der Waals surface area (Å²) in [5, 5.41) is 14.0. The lowest BCUT2D eigenvalue weighted by atomic mass is 10.2. The van der Waals surface area contributed by atoms with Crippen LogP contribution in [0.3, 0.4) is 0 Å². The van der Waals surface area contributed by atoms with Gasteiger partial charge in [-0.3, -0.25) is 10.1 Å². The van der Waals surface area contributed by atoms with Crippen LogP contribution in [0.15, 0.2) is 23.1 Å². The van der Waals surface area contributed by atoms with E-state index in [0.29, 0.717) is 6.61 Å². The van der Waals surface area contributed by atoms with Crippen LogP contribution in [0.25, 0.3) is 0 Å². The van der Waals surface area contributed by atoms with Gasteiger partial charge in [-0.25, -0.2) is 13.1 Å². The van der Waals surface area contributed by atoms with E-state index in [1.54, 1.807) is 6.92 Å². The van der Waals surface area contributed by atoms with Gasteiger partial charge in [0.05, 0.1) is 16.4 Å². The lowest BCUT2D eigenvalue weighted by Gasteiger charge is -2.14. The third-order valence-corrected chi connectivity index (χ3v) is 3.98. The minimum Gasteiger partial charge on any atom is -0.383 e. The van der Waals surface area contributed by atoms with Crippen LogP contribution in [0.1, 0.15) is 6.92 Å². The Morgan fingerprint density at radius 3 is 2.60 bits per heavy atom. The number of benzene rings is 1. The second-order valence-corrected chi connectivity index (χ2v) is 6.03. The fourth-order valence-electron chi connectivity index (χ4n) is 1.63. The van der Waals surface area contributed by atoms with E-state index in [4.69, 9.17) is 4.74 Å². The molecule has 112 valence electrons. The van der Waals surface area contributed by atoms with Crippen molar-refractivity contribution in [1.82, 2.24) is 4.72 Å². The normalized spacial score (nSPS) is 12.9. The van der Waals surface area contributed by atoms with Gasteiger partial charge in [0.2, 0.25) is 10.0 Å². The smallest absolute Gasteiger partial charge is 0.293 e. The predicted octanol–water partition coefficient (Wildman–Crippen LogP) is 0.950. The van der Waals surface area contributed by atoms with Gasteiger partial charge in [0.15, 0.2) is 0 Å². The summed E-state index contributed by atoms with van der Waals surface area (Å²) < 4.78 is 30.3. The molecule has 0 spiro atoms. The molecule has 1 unspecified atom stereocenters. The van der Waals surface area contributed by atoms with Crippen molar-refractivity contribution in [2.24, 2.45) is 0 Å². The Morgan fingerprint density at radius 1 is 1.45 bits per heavy atom. The van der Waals surface area contributed by atoms with Crippen molar-refractivity contribution in [3.8, 4) is 0 Å². The van der Waals surface area contributed by atoms with Crippen molar-refractivity contribution in [2.45, 2.75) is 17.9 Å². The third-order valence-electron chi connectivity index (χ3n) is 2.56. The maximum absolute atomic E-state index is 11.6. The monoisotopic (exact) mass is 303 g/mol. The summed E-state index contributed by atoms with van der Waals surface area (Å²) in [6, 6.07) is 3.55. The molecule has 1 rings (SSSR count). The molecule has 0 saturated heterocycles. The minimum atomic E-state index is -3.72. The fraction of sp³-hybridized carbons (Fsp3) is 0.455. The van der Waals surface area contributed by atoms with Crippen molar-refractivity contribution < 1.29 is 18.1 Å². The van der Waals surface area contributed by atoms with E-state index < -0.39 is 14.9 Å². The summed E-state index contributed by atoms with van der Waals surface area (Å²) in [7, 11) is -0.950. The lowest BCUT2D eigenvalue weighted by molar-refractivity contribution is -0.384. The van der Waals surface area contributed by atoms with Gasteiger partial charge in [0.25, 0.3) is 5.69 Å². The lowest BCUT2D eigenvalue weighted by Crippen LogP contribution is -2.22. The Balaban J connectivity index is 3.18. The summed E-state index contributed by atoms with van der Waals surface area (Å²) in [4.78, 5) is 10.3. The van der Waals surface area contributed by atoms with Crippen molar-refractivity contribution in [3.63, 3.8) is 0 Å². The fourth-order valence-corrected chi connectivity index (χ4v) is 2.38. The first-order valence-electron chi connectivity index (χ1n) is 5.79. The van der Waals surface area contributed by atoms with Crippen LogP contribution in [0, 0.1) is 10.1 Å². The number of methoxy groups -OCH3 is 1. The molecule has 0 amide bonds. The van der Waals surface area contributed by atoms with Crippen molar-refractivity contribution in [2.75, 3.05) is 26.1 Å². The predicted molar refractivity (Wildman–Crippen MR) is 74.3 cm³/mol. The van der Waals surface area contributed by atoms with Gasteiger partial charge in [-0.05, 0) is 26.1 Å². The highest BCUT2D eigenvalue weighted by Crippen LogP contribution is 2.28. The van der Waals surface area contributed by atoms with Gasteiger partial charge in [0, 0.05) is 19.2 Å². The number of sulfonamides is 1. The minimum absolute atomic E-state index is 0.148. The van der Waals surface area contributed by atoms with Crippen LogP contribution < -0.4 is 10.0 Å². The molecule has 0 saturated carbocycles. The topological polar surface area (TPSA) is 111 Å². The SMILES string of the molecule is CNS(=O)(=O)c1ccc(NC(C)COC)c([N+](=O)[O-])c1. The first-order chi connectivity index (χ1) is 9.31. The highest BCUT2D eigenvalue weighted by Gasteiger charge is 2.21. The van der Waals surface area contributed by atoms with Gasteiger partial charge in [0.1, 0.15) is 5.69 Å². The van der Waals surface area contributed by atoms with E-state index in [9.17, 15) is 18.5 Å². The largest absolute Gasteiger partial charge is 0.383 e. The second-order valence-electron chi connectivity index (χ2n) is 4.14. The molecule has 0 aliphatic heterocycles. The Hall–Kier alpha value is -1.71. The molecule has 2 N–H and O–H groups in total. The molecule has 0 aliphatic rings. The molecule has 1 atom stereocenters. The highest BCUT2D eigenvalue weighted by molar-refractivity contribution is 7.89. The molecule has 0 heterocycles. The molecule has 0 fully saturated rings. The summed E-state index contributed by atoms with van der Waals surface area (Å²) in [5.41, 5.74) is -0.0566. The van der Waals surface area contributed by atoms with Crippen LogP contribution in [0.4, 0.5) is 11.4 Å². The number of rotatable bonds is 7. The van der Waals surface area contributed by atoms with E-state index in [0.717, 1.165) is 6.07 Å². The molecule has 0 bridgehead atoms. The second kappa shape index (κ2) is 6.64. The number of ether oxygens (including phenoxy) is 1. The molecule has 9 heteroatoms. The molecular weight excluding hydrogens is 286 g/mol. The Labute approximate surface area is 117 Å².